The lowest BCUT2D eigenvalue weighted by molar-refractivity contribution is 0.499. The fourth-order valence-corrected chi connectivity index (χ4v) is 3.82. The van der Waals surface area contributed by atoms with Crippen molar-refractivity contribution in [2.24, 2.45) is 4.99 Å². The Morgan fingerprint density at radius 3 is 3.07 bits per heavy atom. The second kappa shape index (κ2) is 9.60. The van der Waals surface area contributed by atoms with E-state index in [1.807, 2.05) is 25.5 Å². The number of aromatic amines is 1. The molecule has 0 aromatic carbocycles. The summed E-state index contributed by atoms with van der Waals surface area (Å²) in [7, 11) is 1.83. The van der Waals surface area contributed by atoms with E-state index in [-0.39, 0.29) is 24.0 Å². The Hall–Kier alpha value is -2.10. The van der Waals surface area contributed by atoms with Crippen LogP contribution in [-0.4, -0.2) is 45.3 Å². The molecule has 29 heavy (non-hydrogen) atoms. The Bertz CT molecular complexity index is 972. The standard InChI is InChI=1S/C21H29N7.HI/c1-14(2)28-13-16-6-7-17(11-19(16)27-28)26-21(22-3)24-10-8-15-12-25-20-18(15)5-4-9-23-20;/h4-5,9,12-14,17H,6-8,10-11H2,1-3H3,(H,23,25)(H2,22,24,26);1H. The van der Waals surface area contributed by atoms with Gasteiger partial charge in [-0.1, -0.05) is 0 Å². The van der Waals surface area contributed by atoms with Crippen LogP contribution in [0.2, 0.25) is 0 Å². The van der Waals surface area contributed by atoms with Crippen molar-refractivity contribution >= 4 is 41.0 Å². The minimum absolute atomic E-state index is 0. The molecule has 0 radical (unpaired) electrons. The van der Waals surface area contributed by atoms with Gasteiger partial charge in [-0.05, 0) is 56.4 Å². The Kier molecular flexibility index (Phi) is 7.15. The van der Waals surface area contributed by atoms with Gasteiger partial charge in [-0.3, -0.25) is 9.67 Å². The Balaban J connectivity index is 0.00000240. The number of nitrogens with one attached hydrogen (secondary N) is 3. The number of hydrogen-bond donors (Lipinski definition) is 3. The minimum Gasteiger partial charge on any atom is -0.356 e. The van der Waals surface area contributed by atoms with E-state index in [0.717, 1.165) is 43.8 Å². The predicted molar refractivity (Wildman–Crippen MR) is 128 cm³/mol. The molecule has 0 bridgehead atoms. The zero-order valence-corrected chi connectivity index (χ0v) is 19.6. The van der Waals surface area contributed by atoms with Crippen molar-refractivity contribution in [1.29, 1.82) is 0 Å². The van der Waals surface area contributed by atoms with Gasteiger partial charge in [-0.2, -0.15) is 5.10 Å². The van der Waals surface area contributed by atoms with Crippen LogP contribution in [0.3, 0.4) is 0 Å². The molecule has 4 rings (SSSR count). The van der Waals surface area contributed by atoms with Gasteiger partial charge in [0.05, 0.1) is 5.69 Å². The molecular weight excluding hydrogens is 477 g/mol. The molecule has 1 atom stereocenters. The molecule has 3 aromatic rings. The molecule has 0 fully saturated rings. The van der Waals surface area contributed by atoms with Crippen LogP contribution in [0, 0.1) is 0 Å². The van der Waals surface area contributed by atoms with Gasteiger partial charge in [0.15, 0.2) is 5.96 Å². The smallest absolute Gasteiger partial charge is 0.191 e. The number of fused-ring (bicyclic) bond motifs is 2. The summed E-state index contributed by atoms with van der Waals surface area (Å²) in [6.45, 7) is 5.16. The third-order valence-corrected chi connectivity index (χ3v) is 5.41. The number of aryl methyl sites for hydroxylation is 1. The summed E-state index contributed by atoms with van der Waals surface area (Å²) in [6, 6.07) is 4.86. The second-order valence-electron chi connectivity index (χ2n) is 7.72. The molecule has 3 aromatic heterocycles. The zero-order chi connectivity index (χ0) is 19.5. The largest absolute Gasteiger partial charge is 0.356 e. The van der Waals surface area contributed by atoms with Crippen molar-refractivity contribution in [3.8, 4) is 0 Å². The molecule has 7 nitrogen and oxygen atoms in total. The van der Waals surface area contributed by atoms with Gasteiger partial charge < -0.3 is 15.6 Å². The van der Waals surface area contributed by atoms with Crippen LogP contribution >= 0.6 is 24.0 Å². The van der Waals surface area contributed by atoms with Crippen LogP contribution in [0.15, 0.2) is 35.7 Å². The summed E-state index contributed by atoms with van der Waals surface area (Å²) < 4.78 is 2.08. The zero-order valence-electron chi connectivity index (χ0n) is 17.3. The molecule has 1 unspecified atom stereocenters. The minimum atomic E-state index is 0. The van der Waals surface area contributed by atoms with Crippen molar-refractivity contribution in [2.75, 3.05) is 13.6 Å². The number of guanidine groups is 1. The van der Waals surface area contributed by atoms with E-state index in [1.54, 1.807) is 0 Å². The first-order chi connectivity index (χ1) is 13.6. The molecule has 1 aliphatic carbocycles. The lowest BCUT2D eigenvalue weighted by Gasteiger charge is -2.24. The van der Waals surface area contributed by atoms with Crippen LogP contribution in [0.1, 0.15) is 43.1 Å². The second-order valence-corrected chi connectivity index (χ2v) is 7.72. The van der Waals surface area contributed by atoms with Crippen LogP contribution in [0.25, 0.3) is 11.0 Å². The molecule has 0 amide bonds. The number of aliphatic imine (C=N–C) groups is 1. The van der Waals surface area contributed by atoms with Crippen LogP contribution < -0.4 is 10.6 Å². The maximum absolute atomic E-state index is 4.77. The molecule has 8 heteroatoms. The SMILES string of the molecule is CN=C(NCCc1c[nH]c2ncccc12)NC1CCc2cn(C(C)C)nc2C1.I. The van der Waals surface area contributed by atoms with Gasteiger partial charge in [0, 0.05) is 56.1 Å². The van der Waals surface area contributed by atoms with Crippen molar-refractivity contribution in [1.82, 2.24) is 30.4 Å². The highest BCUT2D eigenvalue weighted by Gasteiger charge is 2.23. The summed E-state index contributed by atoms with van der Waals surface area (Å²) in [5.74, 6) is 0.856. The number of halogens is 1. The van der Waals surface area contributed by atoms with Crippen molar-refractivity contribution in [3.05, 3.63) is 47.5 Å². The van der Waals surface area contributed by atoms with Crippen LogP contribution in [0.5, 0.6) is 0 Å². The fourth-order valence-electron chi connectivity index (χ4n) is 3.82. The van der Waals surface area contributed by atoms with E-state index >= 15 is 0 Å². The lowest BCUT2D eigenvalue weighted by atomic mass is 9.94. The van der Waals surface area contributed by atoms with E-state index in [2.05, 4.69) is 56.4 Å². The van der Waals surface area contributed by atoms with E-state index in [1.165, 1.54) is 22.2 Å². The number of pyridine rings is 1. The molecular formula is C21H30IN7. The molecule has 3 N–H and O–H groups in total. The van der Waals surface area contributed by atoms with Gasteiger partial charge in [0.2, 0.25) is 0 Å². The molecule has 0 saturated carbocycles. The maximum atomic E-state index is 4.77. The summed E-state index contributed by atoms with van der Waals surface area (Å²) in [4.78, 5) is 12.0. The molecule has 3 heterocycles. The average Bonchev–Trinajstić information content (AvgIpc) is 3.31. The van der Waals surface area contributed by atoms with Crippen LogP contribution in [0.4, 0.5) is 0 Å². The Morgan fingerprint density at radius 1 is 1.41 bits per heavy atom. The first kappa shape index (κ1) is 21.6. The summed E-state index contributed by atoms with van der Waals surface area (Å²) in [5.41, 5.74) is 4.83. The first-order valence-electron chi connectivity index (χ1n) is 10.1. The normalized spacial score (nSPS) is 16.6. The van der Waals surface area contributed by atoms with Gasteiger partial charge in [-0.15, -0.1) is 24.0 Å². The summed E-state index contributed by atoms with van der Waals surface area (Å²) in [6.07, 6.45) is 10.1. The van der Waals surface area contributed by atoms with Crippen LogP contribution in [-0.2, 0) is 19.3 Å². The number of nitrogens with zero attached hydrogens (tertiary/aromatic N) is 4. The Labute approximate surface area is 188 Å². The quantitative estimate of drug-likeness (QED) is 0.282. The van der Waals surface area contributed by atoms with E-state index in [9.17, 15) is 0 Å². The van der Waals surface area contributed by atoms with E-state index in [0.29, 0.717) is 12.1 Å². The number of rotatable bonds is 5. The molecule has 1 aliphatic rings. The van der Waals surface area contributed by atoms with Crippen molar-refractivity contribution < 1.29 is 0 Å². The molecule has 156 valence electrons. The van der Waals surface area contributed by atoms with Gasteiger partial charge >= 0.3 is 0 Å². The van der Waals surface area contributed by atoms with Crippen molar-refractivity contribution in [3.63, 3.8) is 0 Å². The summed E-state index contributed by atoms with van der Waals surface area (Å²) >= 11 is 0. The third-order valence-electron chi connectivity index (χ3n) is 5.41. The predicted octanol–water partition coefficient (Wildman–Crippen LogP) is 3.22. The molecule has 0 spiro atoms. The highest BCUT2D eigenvalue weighted by Crippen LogP contribution is 2.21. The molecule has 0 saturated heterocycles. The summed E-state index contributed by atoms with van der Waals surface area (Å²) in [5, 5.41) is 13.0. The third kappa shape index (κ3) is 4.91. The highest BCUT2D eigenvalue weighted by molar-refractivity contribution is 14.0. The average molecular weight is 507 g/mol. The van der Waals surface area contributed by atoms with Gasteiger partial charge in [0.25, 0.3) is 0 Å². The molecule has 0 aliphatic heterocycles. The van der Waals surface area contributed by atoms with Gasteiger partial charge in [-0.25, -0.2) is 4.98 Å². The van der Waals surface area contributed by atoms with E-state index in [4.69, 9.17) is 5.10 Å². The monoisotopic (exact) mass is 507 g/mol. The van der Waals surface area contributed by atoms with Crippen molar-refractivity contribution in [2.45, 2.75) is 51.6 Å². The van der Waals surface area contributed by atoms with E-state index < -0.39 is 0 Å². The fraction of sp³-hybridized carbons (Fsp3) is 0.476. The number of hydrogen-bond acceptors (Lipinski definition) is 3. The van der Waals surface area contributed by atoms with Gasteiger partial charge in [0.1, 0.15) is 5.65 Å². The topological polar surface area (TPSA) is 82.9 Å². The highest BCUT2D eigenvalue weighted by atomic mass is 127. The maximum Gasteiger partial charge on any atom is 0.191 e. The number of H-pyrrole nitrogens is 1. The lowest BCUT2D eigenvalue weighted by Crippen LogP contribution is -2.46. The first-order valence-corrected chi connectivity index (χ1v) is 10.1. The number of aromatic nitrogens is 4. The Morgan fingerprint density at radius 2 is 2.28 bits per heavy atom.